The van der Waals surface area contributed by atoms with Crippen LogP contribution in [0, 0.1) is 0 Å². The number of aromatic nitrogens is 2. The lowest BCUT2D eigenvalue weighted by molar-refractivity contribution is -0.158. The monoisotopic (exact) mass is 458 g/mol. The molecule has 0 radical (unpaired) electrons. The van der Waals surface area contributed by atoms with Gasteiger partial charge in [0.15, 0.2) is 5.60 Å². The van der Waals surface area contributed by atoms with Crippen LogP contribution in [0.4, 0.5) is 0 Å². The minimum Gasteiger partial charge on any atom is -0.476 e. The summed E-state index contributed by atoms with van der Waals surface area (Å²) in [6.07, 6.45) is 3.98. The van der Waals surface area contributed by atoms with Gasteiger partial charge in [-0.1, -0.05) is 43.3 Å². The summed E-state index contributed by atoms with van der Waals surface area (Å²) in [6.45, 7) is 8.78. The Balaban J connectivity index is 1.43. The Labute approximate surface area is 201 Å². The molecule has 0 unspecified atom stereocenters. The molecule has 1 aromatic heterocycles. The number of nitrogens with zero attached hydrogens (tertiary/aromatic N) is 2. The number of aryl methyl sites for hydroxylation is 3. The summed E-state index contributed by atoms with van der Waals surface area (Å²) in [6, 6.07) is 20.9. The second-order valence-corrected chi connectivity index (χ2v) is 9.20. The third-order valence-electron chi connectivity index (χ3n) is 6.07. The van der Waals surface area contributed by atoms with Crippen LogP contribution < -0.4 is 4.74 Å². The van der Waals surface area contributed by atoms with Gasteiger partial charge in [-0.3, -0.25) is 0 Å². The highest BCUT2D eigenvalue weighted by Crippen LogP contribution is 2.25. The highest BCUT2D eigenvalue weighted by atomic mass is 16.6. The first-order chi connectivity index (χ1) is 16.4. The van der Waals surface area contributed by atoms with E-state index in [0.29, 0.717) is 12.4 Å². The Morgan fingerprint density at radius 1 is 0.971 bits per heavy atom. The van der Waals surface area contributed by atoms with E-state index in [2.05, 4.69) is 60.0 Å². The standard InChI is InChI=1S/C29H34N2O3/c1-5-18-31-26-20-23-12-8-7-11-22(23)19-25(26)30-27(31)13-9-10-21-14-16-24(17-15-21)34-29(3,4)28(32)33-6-2/h7-8,11-12,14-17,19-20H,5-6,9-10,13,18H2,1-4H3. The van der Waals surface area contributed by atoms with Crippen LogP contribution in [-0.4, -0.2) is 27.7 Å². The van der Waals surface area contributed by atoms with Crippen molar-refractivity contribution in [3.05, 3.63) is 72.1 Å². The lowest BCUT2D eigenvalue weighted by atomic mass is 10.1. The number of carbonyl (C=O) groups excluding carboxylic acids is 1. The van der Waals surface area contributed by atoms with E-state index in [1.807, 2.05) is 12.1 Å². The fourth-order valence-electron chi connectivity index (χ4n) is 4.34. The van der Waals surface area contributed by atoms with Gasteiger partial charge in [-0.25, -0.2) is 9.78 Å². The molecule has 5 nitrogen and oxygen atoms in total. The first kappa shape index (κ1) is 23.8. The zero-order chi connectivity index (χ0) is 24.1. The van der Waals surface area contributed by atoms with Gasteiger partial charge in [0.05, 0.1) is 17.6 Å². The fourth-order valence-corrected chi connectivity index (χ4v) is 4.34. The largest absolute Gasteiger partial charge is 0.476 e. The second-order valence-electron chi connectivity index (χ2n) is 9.20. The van der Waals surface area contributed by atoms with Gasteiger partial charge in [0.25, 0.3) is 0 Å². The number of hydrogen-bond donors (Lipinski definition) is 0. The number of esters is 1. The predicted octanol–water partition coefficient (Wildman–Crippen LogP) is 6.50. The summed E-state index contributed by atoms with van der Waals surface area (Å²) in [5, 5.41) is 2.49. The fraction of sp³-hybridized carbons (Fsp3) is 0.379. The zero-order valence-electron chi connectivity index (χ0n) is 20.6. The van der Waals surface area contributed by atoms with Crippen molar-refractivity contribution in [3.8, 4) is 5.75 Å². The molecule has 0 bridgehead atoms. The van der Waals surface area contributed by atoms with Crippen molar-refractivity contribution in [1.82, 2.24) is 9.55 Å². The molecule has 0 amide bonds. The molecule has 0 saturated heterocycles. The Morgan fingerprint density at radius 3 is 2.35 bits per heavy atom. The minimum atomic E-state index is -1.01. The van der Waals surface area contributed by atoms with E-state index in [-0.39, 0.29) is 5.97 Å². The highest BCUT2D eigenvalue weighted by Gasteiger charge is 2.31. The van der Waals surface area contributed by atoms with Gasteiger partial charge in [0.1, 0.15) is 11.6 Å². The molecule has 178 valence electrons. The topological polar surface area (TPSA) is 53.4 Å². The van der Waals surface area contributed by atoms with Crippen molar-refractivity contribution < 1.29 is 14.3 Å². The minimum absolute atomic E-state index is 0.340. The second kappa shape index (κ2) is 10.3. The number of hydrogen-bond acceptors (Lipinski definition) is 4. The summed E-state index contributed by atoms with van der Waals surface area (Å²) in [5.41, 5.74) is 2.53. The molecule has 0 fully saturated rings. The molecular weight excluding hydrogens is 424 g/mol. The first-order valence-electron chi connectivity index (χ1n) is 12.2. The summed E-state index contributed by atoms with van der Waals surface area (Å²) in [5.74, 6) is 1.46. The number of benzene rings is 3. The number of carbonyl (C=O) groups is 1. The molecule has 1 heterocycles. The molecule has 34 heavy (non-hydrogen) atoms. The molecule has 0 saturated carbocycles. The maximum absolute atomic E-state index is 12.1. The van der Waals surface area contributed by atoms with Crippen molar-refractivity contribution in [2.45, 2.75) is 65.5 Å². The number of ether oxygens (including phenoxy) is 2. The summed E-state index contributed by atoms with van der Waals surface area (Å²) in [7, 11) is 0. The van der Waals surface area contributed by atoms with Crippen molar-refractivity contribution in [2.24, 2.45) is 0 Å². The van der Waals surface area contributed by atoms with Crippen LogP contribution in [0.3, 0.4) is 0 Å². The van der Waals surface area contributed by atoms with Gasteiger partial charge >= 0.3 is 5.97 Å². The van der Waals surface area contributed by atoms with E-state index in [4.69, 9.17) is 14.5 Å². The van der Waals surface area contributed by atoms with Crippen LogP contribution in [0.25, 0.3) is 21.8 Å². The van der Waals surface area contributed by atoms with Crippen LogP contribution in [0.1, 0.15) is 51.9 Å². The molecule has 0 aliphatic rings. The molecule has 4 aromatic rings. The lowest BCUT2D eigenvalue weighted by Crippen LogP contribution is -2.39. The average Bonchev–Trinajstić information content (AvgIpc) is 3.15. The SMILES string of the molecule is CCCn1c(CCCc2ccc(OC(C)(C)C(=O)OCC)cc2)nc2cc3ccccc3cc21. The number of rotatable bonds is 10. The molecule has 0 aliphatic heterocycles. The van der Waals surface area contributed by atoms with E-state index >= 15 is 0 Å². The zero-order valence-corrected chi connectivity index (χ0v) is 20.6. The van der Waals surface area contributed by atoms with Crippen LogP contribution >= 0.6 is 0 Å². The highest BCUT2D eigenvalue weighted by molar-refractivity contribution is 5.95. The van der Waals surface area contributed by atoms with E-state index in [1.165, 1.54) is 21.9 Å². The Kier molecular flexibility index (Phi) is 7.20. The van der Waals surface area contributed by atoms with Crippen LogP contribution in [0.2, 0.25) is 0 Å². The molecule has 0 atom stereocenters. The first-order valence-corrected chi connectivity index (χ1v) is 12.2. The van der Waals surface area contributed by atoms with E-state index < -0.39 is 5.60 Å². The third kappa shape index (κ3) is 5.24. The van der Waals surface area contributed by atoms with Crippen LogP contribution in [0.15, 0.2) is 60.7 Å². The molecule has 0 aliphatic carbocycles. The summed E-state index contributed by atoms with van der Waals surface area (Å²) >= 11 is 0. The van der Waals surface area contributed by atoms with Gasteiger partial charge in [-0.2, -0.15) is 0 Å². The molecule has 0 N–H and O–H groups in total. The van der Waals surface area contributed by atoms with Gasteiger partial charge in [-0.05, 0) is 80.6 Å². The Hall–Kier alpha value is -3.34. The van der Waals surface area contributed by atoms with Crippen molar-refractivity contribution in [1.29, 1.82) is 0 Å². The summed E-state index contributed by atoms with van der Waals surface area (Å²) < 4.78 is 13.3. The molecule has 3 aromatic carbocycles. The number of imidazole rings is 1. The van der Waals surface area contributed by atoms with Gasteiger partial charge < -0.3 is 14.0 Å². The van der Waals surface area contributed by atoms with E-state index in [9.17, 15) is 4.79 Å². The molecular formula is C29H34N2O3. The van der Waals surface area contributed by atoms with E-state index in [0.717, 1.165) is 43.6 Å². The summed E-state index contributed by atoms with van der Waals surface area (Å²) in [4.78, 5) is 17.1. The average molecular weight is 459 g/mol. The maximum atomic E-state index is 12.1. The molecule has 4 rings (SSSR count). The smallest absolute Gasteiger partial charge is 0.349 e. The van der Waals surface area contributed by atoms with Crippen molar-refractivity contribution in [2.75, 3.05) is 6.61 Å². The van der Waals surface area contributed by atoms with Crippen LogP contribution in [-0.2, 0) is 28.9 Å². The van der Waals surface area contributed by atoms with Crippen LogP contribution in [0.5, 0.6) is 5.75 Å². The molecule has 5 heteroatoms. The normalized spacial score (nSPS) is 11.8. The maximum Gasteiger partial charge on any atom is 0.349 e. The van der Waals surface area contributed by atoms with Gasteiger partial charge in [0.2, 0.25) is 0 Å². The van der Waals surface area contributed by atoms with Gasteiger partial charge in [-0.15, -0.1) is 0 Å². The third-order valence-corrected chi connectivity index (χ3v) is 6.07. The van der Waals surface area contributed by atoms with Crippen molar-refractivity contribution >= 4 is 27.8 Å². The Morgan fingerprint density at radius 2 is 1.68 bits per heavy atom. The number of fused-ring (bicyclic) bond motifs is 2. The van der Waals surface area contributed by atoms with Crippen molar-refractivity contribution in [3.63, 3.8) is 0 Å². The van der Waals surface area contributed by atoms with E-state index in [1.54, 1.807) is 20.8 Å². The lowest BCUT2D eigenvalue weighted by Gasteiger charge is -2.24. The quantitative estimate of drug-likeness (QED) is 0.255. The van der Waals surface area contributed by atoms with Gasteiger partial charge in [0, 0.05) is 13.0 Å². The molecule has 0 spiro atoms. The Bertz CT molecular complexity index is 1270. The predicted molar refractivity (Wildman–Crippen MR) is 137 cm³/mol.